The predicted octanol–water partition coefficient (Wildman–Crippen LogP) is 3.10. The Morgan fingerprint density at radius 3 is 2.50 bits per heavy atom. The van der Waals surface area contributed by atoms with Crippen LogP contribution in [0.5, 0.6) is 0 Å². The molecule has 100 valence electrons. The number of carbonyl (C=O) groups excluding carboxylic acids is 1. The number of carbonyl (C=O) groups is 1. The number of anilines is 1. The first kappa shape index (κ1) is 14.4. The van der Waals surface area contributed by atoms with Crippen molar-refractivity contribution in [3.05, 3.63) is 29.8 Å². The van der Waals surface area contributed by atoms with Crippen molar-refractivity contribution in [2.75, 3.05) is 25.5 Å². The topological polar surface area (TPSA) is 41.6 Å². The number of hydrogen-bond donors (Lipinski definition) is 1. The van der Waals surface area contributed by atoms with Crippen LogP contribution >= 0.6 is 0 Å². The lowest BCUT2D eigenvalue weighted by Crippen LogP contribution is -2.26. The number of hydrogen-bond acceptors (Lipinski definition) is 3. The zero-order valence-electron chi connectivity index (χ0n) is 11.4. The van der Waals surface area contributed by atoms with E-state index in [1.54, 1.807) is 7.05 Å². The number of benzene rings is 1. The van der Waals surface area contributed by atoms with Gasteiger partial charge in [0, 0.05) is 25.8 Å². The fourth-order valence-electron chi connectivity index (χ4n) is 1.37. The molecule has 0 aliphatic rings. The molecule has 0 saturated carbocycles. The molecule has 18 heavy (non-hydrogen) atoms. The number of amides is 1. The number of rotatable bonds is 6. The number of nitrogens with zero attached hydrogens (tertiary/aromatic N) is 1. The van der Waals surface area contributed by atoms with E-state index < -0.39 is 0 Å². The second kappa shape index (κ2) is 7.58. The lowest BCUT2D eigenvalue weighted by Gasteiger charge is -2.14. The van der Waals surface area contributed by atoms with E-state index in [9.17, 15) is 4.79 Å². The molecule has 1 amide bonds. The van der Waals surface area contributed by atoms with E-state index in [1.165, 1.54) is 4.90 Å². The highest BCUT2D eigenvalue weighted by molar-refractivity contribution is 5.67. The largest absolute Gasteiger partial charge is 0.445 e. The molecule has 1 N–H and O–H groups in total. The van der Waals surface area contributed by atoms with Gasteiger partial charge in [0.2, 0.25) is 0 Å². The van der Waals surface area contributed by atoms with Crippen LogP contribution in [-0.4, -0.2) is 31.1 Å². The van der Waals surface area contributed by atoms with E-state index in [4.69, 9.17) is 4.74 Å². The van der Waals surface area contributed by atoms with Crippen LogP contribution in [0.25, 0.3) is 0 Å². The van der Waals surface area contributed by atoms with Crippen molar-refractivity contribution in [2.45, 2.75) is 26.9 Å². The molecule has 1 rings (SSSR count). The van der Waals surface area contributed by atoms with Crippen LogP contribution in [0.2, 0.25) is 0 Å². The van der Waals surface area contributed by atoms with Gasteiger partial charge in [-0.1, -0.05) is 19.1 Å². The van der Waals surface area contributed by atoms with Gasteiger partial charge in [0.15, 0.2) is 0 Å². The van der Waals surface area contributed by atoms with E-state index in [2.05, 4.69) is 12.2 Å². The van der Waals surface area contributed by atoms with Gasteiger partial charge in [0.05, 0.1) is 0 Å². The van der Waals surface area contributed by atoms with Crippen molar-refractivity contribution in [3.8, 4) is 0 Å². The van der Waals surface area contributed by atoms with Gasteiger partial charge in [-0.05, 0) is 31.0 Å². The molecule has 0 aliphatic carbocycles. The molecule has 1 aromatic rings. The fourth-order valence-corrected chi connectivity index (χ4v) is 1.37. The monoisotopic (exact) mass is 250 g/mol. The zero-order chi connectivity index (χ0) is 13.4. The maximum absolute atomic E-state index is 11.4. The quantitative estimate of drug-likeness (QED) is 0.843. The Labute approximate surface area is 109 Å². The van der Waals surface area contributed by atoms with E-state index >= 15 is 0 Å². The van der Waals surface area contributed by atoms with E-state index in [1.807, 2.05) is 31.2 Å². The Bertz CT molecular complexity index is 363. The highest BCUT2D eigenvalue weighted by Crippen LogP contribution is 2.10. The van der Waals surface area contributed by atoms with Crippen LogP contribution in [0.15, 0.2) is 24.3 Å². The lowest BCUT2D eigenvalue weighted by molar-refractivity contribution is 0.106. The molecule has 4 nitrogen and oxygen atoms in total. The van der Waals surface area contributed by atoms with Crippen molar-refractivity contribution < 1.29 is 9.53 Å². The zero-order valence-corrected chi connectivity index (χ0v) is 11.4. The van der Waals surface area contributed by atoms with Crippen molar-refractivity contribution in [3.63, 3.8) is 0 Å². The number of nitrogens with one attached hydrogen (secondary N) is 1. The summed E-state index contributed by atoms with van der Waals surface area (Å²) in [5, 5.41) is 3.30. The molecule has 0 unspecified atom stereocenters. The van der Waals surface area contributed by atoms with Gasteiger partial charge in [-0.2, -0.15) is 0 Å². The van der Waals surface area contributed by atoms with E-state index in [0.717, 1.165) is 24.2 Å². The third kappa shape index (κ3) is 4.65. The molecule has 0 atom stereocenters. The van der Waals surface area contributed by atoms with Crippen LogP contribution in [0, 0.1) is 0 Å². The Kier molecular flexibility index (Phi) is 6.05. The maximum atomic E-state index is 11.4. The molecule has 1 aromatic carbocycles. The summed E-state index contributed by atoms with van der Waals surface area (Å²) in [5.74, 6) is 0. The standard InChI is InChI=1S/C14H22N2O2/c1-4-10-15-13-8-6-12(7-9-13)11-18-14(17)16(3)5-2/h6-9,15H,4-5,10-11H2,1-3H3. The summed E-state index contributed by atoms with van der Waals surface area (Å²) in [6.07, 6.45) is 0.814. The highest BCUT2D eigenvalue weighted by Gasteiger charge is 2.07. The number of ether oxygens (including phenoxy) is 1. The van der Waals surface area contributed by atoms with Gasteiger partial charge >= 0.3 is 6.09 Å². The first-order valence-electron chi connectivity index (χ1n) is 6.38. The molecular weight excluding hydrogens is 228 g/mol. The van der Waals surface area contributed by atoms with Gasteiger partial charge in [0.1, 0.15) is 6.61 Å². The van der Waals surface area contributed by atoms with Crippen LogP contribution < -0.4 is 5.32 Å². The Morgan fingerprint density at radius 1 is 1.28 bits per heavy atom. The molecule has 0 spiro atoms. The Morgan fingerprint density at radius 2 is 1.94 bits per heavy atom. The summed E-state index contributed by atoms with van der Waals surface area (Å²) in [4.78, 5) is 13.0. The Balaban J connectivity index is 2.41. The third-order valence-corrected chi connectivity index (χ3v) is 2.68. The third-order valence-electron chi connectivity index (χ3n) is 2.68. The van der Waals surface area contributed by atoms with Crippen molar-refractivity contribution in [1.82, 2.24) is 4.90 Å². The first-order valence-corrected chi connectivity index (χ1v) is 6.38. The van der Waals surface area contributed by atoms with Crippen molar-refractivity contribution >= 4 is 11.8 Å². The van der Waals surface area contributed by atoms with Crippen LogP contribution in [0.4, 0.5) is 10.5 Å². The summed E-state index contributed by atoms with van der Waals surface area (Å²) >= 11 is 0. The molecular formula is C14H22N2O2. The van der Waals surface area contributed by atoms with E-state index in [0.29, 0.717) is 13.2 Å². The molecule has 0 saturated heterocycles. The van der Waals surface area contributed by atoms with Gasteiger partial charge in [0.25, 0.3) is 0 Å². The predicted molar refractivity (Wildman–Crippen MR) is 73.7 cm³/mol. The van der Waals surface area contributed by atoms with E-state index in [-0.39, 0.29) is 6.09 Å². The average molecular weight is 250 g/mol. The molecule has 0 fully saturated rings. The minimum atomic E-state index is -0.286. The maximum Gasteiger partial charge on any atom is 0.409 e. The lowest BCUT2D eigenvalue weighted by atomic mass is 10.2. The summed E-state index contributed by atoms with van der Waals surface area (Å²) in [6, 6.07) is 7.94. The summed E-state index contributed by atoms with van der Waals surface area (Å²) in [5.41, 5.74) is 2.09. The van der Waals surface area contributed by atoms with Gasteiger partial charge in [-0.25, -0.2) is 4.79 Å². The minimum Gasteiger partial charge on any atom is -0.445 e. The van der Waals surface area contributed by atoms with Gasteiger partial charge < -0.3 is 15.0 Å². The molecule has 0 aromatic heterocycles. The smallest absolute Gasteiger partial charge is 0.409 e. The summed E-state index contributed by atoms with van der Waals surface area (Å²) < 4.78 is 5.17. The second-order valence-corrected chi connectivity index (χ2v) is 4.19. The fraction of sp³-hybridized carbons (Fsp3) is 0.500. The highest BCUT2D eigenvalue weighted by atomic mass is 16.6. The average Bonchev–Trinajstić information content (AvgIpc) is 2.42. The van der Waals surface area contributed by atoms with Crippen LogP contribution in [0.1, 0.15) is 25.8 Å². The second-order valence-electron chi connectivity index (χ2n) is 4.19. The van der Waals surface area contributed by atoms with Gasteiger partial charge in [-0.15, -0.1) is 0 Å². The molecule has 0 bridgehead atoms. The van der Waals surface area contributed by atoms with Crippen molar-refractivity contribution in [1.29, 1.82) is 0 Å². The molecule has 0 aliphatic heterocycles. The normalized spacial score (nSPS) is 9.94. The summed E-state index contributed by atoms with van der Waals surface area (Å²) in [7, 11) is 1.72. The Hall–Kier alpha value is -1.71. The first-order chi connectivity index (χ1) is 8.67. The minimum absolute atomic E-state index is 0.286. The SMILES string of the molecule is CCCNc1ccc(COC(=O)N(C)CC)cc1. The molecule has 0 heterocycles. The van der Waals surface area contributed by atoms with Crippen LogP contribution in [-0.2, 0) is 11.3 Å². The molecule has 4 heteroatoms. The van der Waals surface area contributed by atoms with Crippen molar-refractivity contribution in [2.24, 2.45) is 0 Å². The van der Waals surface area contributed by atoms with Gasteiger partial charge in [-0.3, -0.25) is 0 Å². The summed E-state index contributed by atoms with van der Waals surface area (Å²) in [6.45, 7) is 5.98. The molecule has 0 radical (unpaired) electrons. The van der Waals surface area contributed by atoms with Crippen LogP contribution in [0.3, 0.4) is 0 Å².